The lowest BCUT2D eigenvalue weighted by Crippen LogP contribution is -2.32. The molecule has 11 heavy (non-hydrogen) atoms. The van der Waals surface area contributed by atoms with Gasteiger partial charge in [0.25, 0.3) is 0 Å². The van der Waals surface area contributed by atoms with E-state index in [1.54, 1.807) is 13.8 Å². The van der Waals surface area contributed by atoms with Gasteiger partial charge in [0.2, 0.25) is 6.08 Å². The van der Waals surface area contributed by atoms with Crippen LogP contribution in [0.3, 0.4) is 0 Å². The maximum atomic E-state index is 10.4. The number of rotatable bonds is 3. The molecule has 1 N–H and O–H groups in total. The van der Waals surface area contributed by atoms with Crippen LogP contribution in [0.15, 0.2) is 4.99 Å². The van der Waals surface area contributed by atoms with Gasteiger partial charge in [-0.05, 0) is 20.8 Å². The molecule has 0 aliphatic carbocycles. The number of carbonyl (C=O) groups is 1. The van der Waals surface area contributed by atoms with Gasteiger partial charge in [-0.25, -0.2) is 4.79 Å². The van der Waals surface area contributed by atoms with Crippen LogP contribution in [-0.4, -0.2) is 22.7 Å². The summed E-state index contributed by atoms with van der Waals surface area (Å²) < 4.78 is 0. The van der Waals surface area contributed by atoms with Crippen molar-refractivity contribution in [1.82, 2.24) is 0 Å². The Bertz CT molecular complexity index is 204. The second-order valence-corrected chi connectivity index (χ2v) is 2.92. The van der Waals surface area contributed by atoms with Crippen molar-refractivity contribution < 1.29 is 14.7 Å². The molecule has 0 spiro atoms. The van der Waals surface area contributed by atoms with E-state index in [0.717, 1.165) is 0 Å². The van der Waals surface area contributed by atoms with Crippen LogP contribution in [0.25, 0.3) is 0 Å². The highest BCUT2D eigenvalue weighted by atomic mass is 16.4. The number of aliphatic carboxylic acids is 1. The second-order valence-electron chi connectivity index (χ2n) is 2.92. The minimum absolute atomic E-state index is 0.677. The number of isocyanates is 1. The number of carboxylic acids is 1. The van der Waals surface area contributed by atoms with Gasteiger partial charge in [0.15, 0.2) is 0 Å². The SMILES string of the molecule is C[C@@H](C(=O)O)C(C)(C)N=C=O. The lowest BCUT2D eigenvalue weighted by atomic mass is 9.90. The van der Waals surface area contributed by atoms with Gasteiger partial charge in [-0.3, -0.25) is 4.79 Å². The molecule has 0 saturated heterocycles. The van der Waals surface area contributed by atoms with Crippen molar-refractivity contribution in [2.45, 2.75) is 26.3 Å². The van der Waals surface area contributed by atoms with Crippen molar-refractivity contribution in [3.05, 3.63) is 0 Å². The van der Waals surface area contributed by atoms with Crippen molar-refractivity contribution in [2.75, 3.05) is 0 Å². The standard InChI is InChI=1S/C7H11NO3/c1-5(6(10)11)7(2,3)8-4-9/h5H,1-3H3,(H,10,11)/t5-/m0/s1. The molecule has 0 aliphatic heterocycles. The summed E-state index contributed by atoms with van der Waals surface area (Å²) in [5, 5.41) is 8.55. The van der Waals surface area contributed by atoms with Crippen LogP contribution in [0.1, 0.15) is 20.8 Å². The van der Waals surface area contributed by atoms with Crippen LogP contribution < -0.4 is 0 Å². The topological polar surface area (TPSA) is 66.7 Å². The van der Waals surface area contributed by atoms with Gasteiger partial charge in [-0.15, -0.1) is 0 Å². The molecule has 0 aliphatic rings. The van der Waals surface area contributed by atoms with Gasteiger partial charge < -0.3 is 5.11 Å². The molecule has 0 saturated carbocycles. The summed E-state index contributed by atoms with van der Waals surface area (Å²) >= 11 is 0. The number of carboxylic acid groups (broad SMARTS) is 1. The molecule has 1 atom stereocenters. The summed E-state index contributed by atoms with van der Waals surface area (Å²) in [4.78, 5) is 23.7. The average molecular weight is 157 g/mol. The van der Waals surface area contributed by atoms with E-state index in [2.05, 4.69) is 4.99 Å². The Labute approximate surface area is 64.9 Å². The van der Waals surface area contributed by atoms with E-state index in [1.807, 2.05) is 0 Å². The number of hydrogen-bond acceptors (Lipinski definition) is 3. The molecular weight excluding hydrogens is 146 g/mol. The smallest absolute Gasteiger partial charge is 0.308 e. The molecule has 0 aromatic rings. The zero-order chi connectivity index (χ0) is 9.07. The van der Waals surface area contributed by atoms with Crippen LogP contribution in [0.5, 0.6) is 0 Å². The zero-order valence-electron chi connectivity index (χ0n) is 6.79. The van der Waals surface area contributed by atoms with E-state index < -0.39 is 17.4 Å². The van der Waals surface area contributed by atoms with E-state index in [0.29, 0.717) is 0 Å². The first-order chi connectivity index (χ1) is 4.91. The maximum absolute atomic E-state index is 10.4. The third kappa shape index (κ3) is 2.51. The van der Waals surface area contributed by atoms with Crippen LogP contribution in [-0.2, 0) is 9.59 Å². The highest BCUT2D eigenvalue weighted by Gasteiger charge is 2.30. The van der Waals surface area contributed by atoms with Crippen molar-refractivity contribution >= 4 is 12.0 Å². The van der Waals surface area contributed by atoms with E-state index in [9.17, 15) is 9.59 Å². The fourth-order valence-electron chi connectivity index (χ4n) is 0.517. The highest BCUT2D eigenvalue weighted by molar-refractivity contribution is 5.71. The Morgan fingerprint density at radius 1 is 1.64 bits per heavy atom. The van der Waals surface area contributed by atoms with E-state index in [-0.39, 0.29) is 0 Å². The van der Waals surface area contributed by atoms with E-state index >= 15 is 0 Å². The van der Waals surface area contributed by atoms with Gasteiger partial charge in [-0.1, -0.05) is 0 Å². The van der Waals surface area contributed by atoms with Crippen LogP contribution >= 0.6 is 0 Å². The molecule has 0 unspecified atom stereocenters. The lowest BCUT2D eigenvalue weighted by molar-refractivity contribution is -0.142. The minimum Gasteiger partial charge on any atom is -0.481 e. The Hall–Kier alpha value is -1.15. The number of carbonyl (C=O) groups excluding carboxylic acids is 1. The quantitative estimate of drug-likeness (QED) is 0.487. The Balaban J connectivity index is 4.54. The molecule has 0 heterocycles. The van der Waals surface area contributed by atoms with Gasteiger partial charge >= 0.3 is 5.97 Å². The van der Waals surface area contributed by atoms with Crippen molar-refractivity contribution in [3.63, 3.8) is 0 Å². The predicted octanol–water partition coefficient (Wildman–Crippen LogP) is 0.821. The van der Waals surface area contributed by atoms with Crippen molar-refractivity contribution in [1.29, 1.82) is 0 Å². The first-order valence-corrected chi connectivity index (χ1v) is 3.23. The Morgan fingerprint density at radius 2 is 2.09 bits per heavy atom. The zero-order valence-corrected chi connectivity index (χ0v) is 6.79. The summed E-state index contributed by atoms with van der Waals surface area (Å²) in [6.45, 7) is 4.66. The van der Waals surface area contributed by atoms with Crippen molar-refractivity contribution in [3.8, 4) is 0 Å². The third-order valence-electron chi connectivity index (χ3n) is 1.76. The molecule has 0 fully saturated rings. The van der Waals surface area contributed by atoms with Crippen LogP contribution in [0.2, 0.25) is 0 Å². The molecule has 0 aromatic heterocycles. The summed E-state index contributed by atoms with van der Waals surface area (Å²) in [6, 6.07) is 0. The van der Waals surface area contributed by atoms with Gasteiger partial charge in [0, 0.05) is 0 Å². The Kier molecular flexibility index (Phi) is 2.96. The van der Waals surface area contributed by atoms with E-state index in [4.69, 9.17) is 5.11 Å². The van der Waals surface area contributed by atoms with Gasteiger partial charge in [0.05, 0.1) is 11.5 Å². The van der Waals surface area contributed by atoms with Crippen molar-refractivity contribution in [2.24, 2.45) is 10.9 Å². The van der Waals surface area contributed by atoms with Gasteiger partial charge in [0.1, 0.15) is 0 Å². The summed E-state index contributed by atoms with van der Waals surface area (Å²) in [5.74, 6) is -1.64. The molecule has 4 heteroatoms. The van der Waals surface area contributed by atoms with Crippen LogP contribution in [0.4, 0.5) is 0 Å². The lowest BCUT2D eigenvalue weighted by Gasteiger charge is -2.21. The fraction of sp³-hybridized carbons (Fsp3) is 0.714. The molecule has 4 nitrogen and oxygen atoms in total. The molecule has 0 amide bonds. The molecule has 0 rings (SSSR count). The number of nitrogens with zero attached hydrogens (tertiary/aromatic N) is 1. The molecule has 62 valence electrons. The summed E-state index contributed by atoms with van der Waals surface area (Å²) in [7, 11) is 0. The number of hydrogen-bond donors (Lipinski definition) is 1. The Morgan fingerprint density at radius 3 is 2.36 bits per heavy atom. The fourth-order valence-corrected chi connectivity index (χ4v) is 0.517. The monoisotopic (exact) mass is 157 g/mol. The van der Waals surface area contributed by atoms with Gasteiger partial charge in [-0.2, -0.15) is 4.99 Å². The first-order valence-electron chi connectivity index (χ1n) is 3.23. The summed E-state index contributed by atoms with van der Waals surface area (Å²) in [6.07, 6.45) is 1.36. The highest BCUT2D eigenvalue weighted by Crippen LogP contribution is 2.20. The molecule has 0 bridgehead atoms. The third-order valence-corrected chi connectivity index (χ3v) is 1.76. The predicted molar refractivity (Wildman–Crippen MR) is 39.0 cm³/mol. The normalized spacial score (nSPS) is 13.4. The minimum atomic E-state index is -0.964. The summed E-state index contributed by atoms with van der Waals surface area (Å²) in [5.41, 5.74) is -0.867. The van der Waals surface area contributed by atoms with Crippen LogP contribution in [0, 0.1) is 5.92 Å². The number of aliphatic imine (C=N–C) groups is 1. The molecular formula is C7H11NO3. The maximum Gasteiger partial charge on any atom is 0.308 e. The average Bonchev–Trinajstić information content (AvgIpc) is 1.86. The second kappa shape index (κ2) is 3.30. The van der Waals surface area contributed by atoms with E-state index in [1.165, 1.54) is 13.0 Å². The molecule has 0 radical (unpaired) electrons. The largest absolute Gasteiger partial charge is 0.481 e. The first kappa shape index (κ1) is 9.85. The molecule has 0 aromatic carbocycles.